The molecule has 0 aromatic carbocycles. The molecule has 2 rings (SSSR count). The molecule has 5 atom stereocenters. The molecule has 112 valence electrons. The van der Waals surface area contributed by atoms with E-state index in [9.17, 15) is 0 Å². The topological polar surface area (TPSA) is 62.9 Å². The van der Waals surface area contributed by atoms with Crippen LogP contribution < -0.4 is 5.73 Å². The average Bonchev–Trinajstić information content (AvgIpc) is 2.46. The van der Waals surface area contributed by atoms with E-state index in [2.05, 4.69) is 39.3 Å². The molecule has 0 radical (unpaired) electrons. The van der Waals surface area contributed by atoms with Crippen LogP contribution in [0.5, 0.6) is 0 Å². The lowest BCUT2D eigenvalue weighted by atomic mass is 10.0. The zero-order valence-corrected chi connectivity index (χ0v) is 14.8. The number of nitrogens with two attached hydrogens (primary N) is 1. The molecule has 2 bridgehead atoms. The number of fused-ring (bicyclic) bond motifs is 2. The molecule has 2 N–H and O–H groups in total. The number of hydrogen-bond donors (Lipinski definition) is 1. The molecule has 0 aromatic heterocycles. The van der Waals surface area contributed by atoms with Gasteiger partial charge in [0.2, 0.25) is 0 Å². The molecule has 2 aliphatic heterocycles. The van der Waals surface area contributed by atoms with E-state index in [1.54, 1.807) is 0 Å². The molecule has 0 spiro atoms. The molecular weight excluding hydrogens is 278 g/mol. The van der Waals surface area contributed by atoms with Crippen molar-refractivity contribution in [3.8, 4) is 0 Å². The van der Waals surface area contributed by atoms with Gasteiger partial charge in [-0.3, -0.25) is 0 Å². The molecule has 5 nitrogen and oxygen atoms in total. The summed E-state index contributed by atoms with van der Waals surface area (Å²) in [6, 6.07) is -0.271. The lowest BCUT2D eigenvalue weighted by molar-refractivity contribution is -0.185. The number of ether oxygens (including phenoxy) is 2. The van der Waals surface area contributed by atoms with Gasteiger partial charge in [0, 0.05) is 0 Å². The van der Waals surface area contributed by atoms with Crippen molar-refractivity contribution in [3.63, 3.8) is 0 Å². The van der Waals surface area contributed by atoms with Gasteiger partial charge in [-0.25, -0.2) is 0 Å². The Bertz CT molecular complexity index is 329. The predicted octanol–water partition coefficient (Wildman–Crippen LogP) is 1.51. The van der Waals surface area contributed by atoms with Gasteiger partial charge >= 0.3 is 0 Å². The van der Waals surface area contributed by atoms with E-state index in [1.807, 2.05) is 0 Å². The summed E-state index contributed by atoms with van der Waals surface area (Å²) in [6.07, 6.45) is -0.543. The predicted molar refractivity (Wildman–Crippen MR) is 79.0 cm³/mol. The van der Waals surface area contributed by atoms with Gasteiger partial charge in [-0.1, -0.05) is 0 Å². The Labute approximate surface area is 118 Å². The minimum absolute atomic E-state index is 0.0387. The second kappa shape index (κ2) is 5.21. The Balaban J connectivity index is 2.05. The SMILES string of the molecule is C[Si](C)(C)O[C@H]1O[C@H]2CO[C@H]([C@H]1N)[C@H]2O[Si](C)(C)C. The summed E-state index contributed by atoms with van der Waals surface area (Å²) >= 11 is 0. The second-order valence-corrected chi connectivity index (χ2v) is 16.3. The summed E-state index contributed by atoms with van der Waals surface area (Å²) in [6.45, 7) is 13.5. The Morgan fingerprint density at radius 1 is 1.00 bits per heavy atom. The number of rotatable bonds is 4. The minimum Gasteiger partial charge on any atom is -0.409 e. The molecule has 0 aromatic rings. The third kappa shape index (κ3) is 3.87. The summed E-state index contributed by atoms with van der Waals surface area (Å²) in [5.74, 6) is 0. The molecule has 19 heavy (non-hydrogen) atoms. The summed E-state index contributed by atoms with van der Waals surface area (Å²) in [5, 5.41) is 0. The zero-order chi connectivity index (χ0) is 14.4. The molecule has 0 amide bonds. The average molecular weight is 306 g/mol. The maximum atomic E-state index is 6.26. The largest absolute Gasteiger partial charge is 0.409 e. The fourth-order valence-electron chi connectivity index (χ4n) is 2.48. The Kier molecular flexibility index (Phi) is 4.28. The van der Waals surface area contributed by atoms with Crippen molar-refractivity contribution in [2.45, 2.75) is 69.9 Å². The second-order valence-electron chi connectivity index (χ2n) is 7.34. The van der Waals surface area contributed by atoms with Crippen LogP contribution >= 0.6 is 0 Å². The molecule has 7 heteroatoms. The quantitative estimate of drug-likeness (QED) is 0.798. The summed E-state index contributed by atoms with van der Waals surface area (Å²) in [7, 11) is -3.31. The van der Waals surface area contributed by atoms with Gasteiger partial charge in [-0.05, 0) is 39.3 Å². The Morgan fingerprint density at radius 2 is 1.58 bits per heavy atom. The van der Waals surface area contributed by atoms with E-state index >= 15 is 0 Å². The first kappa shape index (κ1) is 15.6. The highest BCUT2D eigenvalue weighted by Gasteiger charge is 2.52. The third-order valence-corrected chi connectivity index (χ3v) is 5.02. The van der Waals surface area contributed by atoms with Crippen LogP contribution in [0.2, 0.25) is 39.3 Å². The van der Waals surface area contributed by atoms with Gasteiger partial charge in [0.15, 0.2) is 22.9 Å². The molecule has 2 heterocycles. The van der Waals surface area contributed by atoms with E-state index in [-0.39, 0.29) is 30.6 Å². The summed E-state index contributed by atoms with van der Waals surface area (Å²) in [4.78, 5) is 0. The van der Waals surface area contributed by atoms with Crippen LogP contribution in [-0.4, -0.2) is 53.9 Å². The highest BCUT2D eigenvalue weighted by molar-refractivity contribution is 6.70. The van der Waals surface area contributed by atoms with Crippen molar-refractivity contribution in [1.82, 2.24) is 0 Å². The summed E-state index contributed by atoms with van der Waals surface area (Å²) < 4.78 is 24.0. The van der Waals surface area contributed by atoms with Crippen molar-refractivity contribution >= 4 is 16.6 Å². The maximum Gasteiger partial charge on any atom is 0.187 e. The van der Waals surface area contributed by atoms with Crippen molar-refractivity contribution in [2.75, 3.05) is 6.61 Å². The molecule has 0 unspecified atom stereocenters. The van der Waals surface area contributed by atoms with Crippen molar-refractivity contribution in [1.29, 1.82) is 0 Å². The van der Waals surface area contributed by atoms with E-state index in [4.69, 9.17) is 24.1 Å². The highest BCUT2D eigenvalue weighted by Crippen LogP contribution is 2.33. The molecule has 2 fully saturated rings. The summed E-state index contributed by atoms with van der Waals surface area (Å²) in [5.41, 5.74) is 6.26. The first-order valence-corrected chi connectivity index (χ1v) is 13.8. The first-order chi connectivity index (χ1) is 8.57. The van der Waals surface area contributed by atoms with E-state index < -0.39 is 16.6 Å². The van der Waals surface area contributed by atoms with Crippen LogP contribution in [0.3, 0.4) is 0 Å². The van der Waals surface area contributed by atoms with Crippen molar-refractivity contribution in [3.05, 3.63) is 0 Å². The maximum absolute atomic E-state index is 6.26. The van der Waals surface area contributed by atoms with Crippen LogP contribution in [0.1, 0.15) is 0 Å². The Hall–Kier alpha value is 0.234. The molecule has 0 aliphatic carbocycles. The van der Waals surface area contributed by atoms with Crippen LogP contribution in [0, 0.1) is 0 Å². The zero-order valence-electron chi connectivity index (χ0n) is 12.8. The van der Waals surface area contributed by atoms with Crippen molar-refractivity contribution in [2.24, 2.45) is 5.73 Å². The lowest BCUT2D eigenvalue weighted by Gasteiger charge is -2.42. The first-order valence-electron chi connectivity index (χ1n) is 6.95. The molecule has 0 saturated carbocycles. The number of hydrogen-bond acceptors (Lipinski definition) is 5. The van der Waals surface area contributed by atoms with E-state index in [0.29, 0.717) is 6.61 Å². The van der Waals surface area contributed by atoms with Gasteiger partial charge in [0.05, 0.1) is 12.6 Å². The van der Waals surface area contributed by atoms with E-state index in [0.717, 1.165) is 0 Å². The molecule has 2 saturated heterocycles. The van der Waals surface area contributed by atoms with Gasteiger partial charge in [0.1, 0.15) is 18.3 Å². The highest BCUT2D eigenvalue weighted by atomic mass is 28.4. The normalized spacial score (nSPS) is 39.6. The van der Waals surface area contributed by atoms with Crippen LogP contribution in [-0.2, 0) is 18.3 Å². The van der Waals surface area contributed by atoms with Crippen LogP contribution in [0.15, 0.2) is 0 Å². The van der Waals surface area contributed by atoms with Crippen LogP contribution in [0.4, 0.5) is 0 Å². The van der Waals surface area contributed by atoms with Crippen molar-refractivity contribution < 1.29 is 18.3 Å². The lowest BCUT2D eigenvalue weighted by Crippen LogP contribution is -2.61. The third-order valence-electron chi connectivity index (χ3n) is 3.11. The smallest absolute Gasteiger partial charge is 0.187 e. The monoisotopic (exact) mass is 305 g/mol. The fraction of sp³-hybridized carbons (Fsp3) is 1.00. The van der Waals surface area contributed by atoms with E-state index in [1.165, 1.54) is 0 Å². The van der Waals surface area contributed by atoms with Gasteiger partial charge in [0.25, 0.3) is 0 Å². The van der Waals surface area contributed by atoms with Gasteiger partial charge in [-0.2, -0.15) is 0 Å². The minimum atomic E-state index is -1.68. The molecular formula is C12H27NO4Si2. The fourth-order valence-corrected chi connectivity index (χ4v) is 4.49. The van der Waals surface area contributed by atoms with Crippen LogP contribution in [0.25, 0.3) is 0 Å². The standard InChI is InChI=1S/C12H27NO4Si2/c1-18(2,3)16-10-8-7-14-11(10)9(13)12(15-8)17-19(4,5)6/h8-12H,7,13H2,1-6H3/t8-,9+,10-,11+,12+/m0/s1. The molecule has 2 aliphatic rings. The van der Waals surface area contributed by atoms with Gasteiger partial charge < -0.3 is 24.1 Å². The van der Waals surface area contributed by atoms with Gasteiger partial charge in [-0.15, -0.1) is 0 Å². The Morgan fingerprint density at radius 3 is 2.11 bits per heavy atom.